The van der Waals surface area contributed by atoms with Gasteiger partial charge in [0, 0.05) is 16.1 Å². The number of benzene rings is 4. The molecule has 0 saturated heterocycles. The minimum atomic E-state index is -0.510. The maximum Gasteiger partial charge on any atom is 0.255 e. The van der Waals surface area contributed by atoms with E-state index in [0.717, 1.165) is 10.5 Å². The van der Waals surface area contributed by atoms with Gasteiger partial charge in [-0.25, -0.2) is 0 Å². The van der Waals surface area contributed by atoms with Crippen molar-refractivity contribution in [3.63, 3.8) is 0 Å². The number of thioether (sulfide) groups is 1. The lowest BCUT2D eigenvalue weighted by atomic mass is 10.1. The van der Waals surface area contributed by atoms with Crippen LogP contribution < -0.4 is 20.1 Å². The van der Waals surface area contributed by atoms with E-state index >= 15 is 0 Å². The van der Waals surface area contributed by atoms with E-state index in [1.165, 1.54) is 18.9 Å². The molecule has 8 heteroatoms. The van der Waals surface area contributed by atoms with E-state index < -0.39 is 5.25 Å². The normalized spacial score (nSPS) is 11.3. The van der Waals surface area contributed by atoms with Crippen LogP contribution in [0, 0.1) is 0 Å². The molecule has 188 valence electrons. The fourth-order valence-electron chi connectivity index (χ4n) is 3.60. The number of amides is 2. The molecule has 0 heterocycles. The number of nitrogens with one attached hydrogen (secondary N) is 2. The molecule has 0 spiro atoms. The molecule has 0 aliphatic heterocycles. The minimum Gasteiger partial charge on any atom is -0.493 e. The molecule has 0 radical (unpaired) electrons. The molecule has 0 fully saturated rings. The molecule has 0 aliphatic rings. The predicted octanol–water partition coefficient (Wildman–Crippen LogP) is 7.08. The Balaban J connectivity index is 1.48. The molecule has 0 bridgehead atoms. The van der Waals surface area contributed by atoms with Crippen LogP contribution in [0.2, 0.25) is 5.02 Å². The highest BCUT2D eigenvalue weighted by Crippen LogP contribution is 2.37. The second-order valence-electron chi connectivity index (χ2n) is 7.93. The number of carbonyl (C=O) groups is 2. The minimum absolute atomic E-state index is 0.185. The van der Waals surface area contributed by atoms with Crippen LogP contribution in [0.4, 0.5) is 11.4 Å². The molecule has 0 aliphatic carbocycles. The Kier molecular flexibility index (Phi) is 8.72. The first-order valence-electron chi connectivity index (χ1n) is 11.4. The maximum atomic E-state index is 13.3. The number of rotatable bonds is 9. The van der Waals surface area contributed by atoms with Crippen molar-refractivity contribution in [3.8, 4) is 11.5 Å². The van der Waals surface area contributed by atoms with Crippen LogP contribution in [-0.2, 0) is 4.79 Å². The Morgan fingerprint density at radius 3 is 2.14 bits per heavy atom. The van der Waals surface area contributed by atoms with Crippen LogP contribution in [0.1, 0.15) is 21.2 Å². The van der Waals surface area contributed by atoms with Crippen molar-refractivity contribution in [3.05, 3.63) is 113 Å². The van der Waals surface area contributed by atoms with Crippen molar-refractivity contribution in [2.75, 3.05) is 24.9 Å². The van der Waals surface area contributed by atoms with Gasteiger partial charge in [0.1, 0.15) is 5.25 Å². The summed E-state index contributed by atoms with van der Waals surface area (Å²) in [5.41, 5.74) is 2.49. The lowest BCUT2D eigenvalue weighted by molar-refractivity contribution is -0.115. The molecule has 4 aromatic carbocycles. The summed E-state index contributed by atoms with van der Waals surface area (Å²) in [5.74, 6) is 0.564. The summed E-state index contributed by atoms with van der Waals surface area (Å²) < 4.78 is 10.5. The molecule has 0 aromatic heterocycles. The Hall–Kier alpha value is -3.94. The highest BCUT2D eigenvalue weighted by Gasteiger charge is 2.23. The van der Waals surface area contributed by atoms with Gasteiger partial charge in [-0.05, 0) is 60.2 Å². The first kappa shape index (κ1) is 26.1. The number of ether oxygens (including phenoxy) is 2. The number of hydrogen-bond acceptors (Lipinski definition) is 5. The second-order valence-corrected chi connectivity index (χ2v) is 9.51. The Bertz CT molecular complexity index is 1380. The number of hydrogen-bond donors (Lipinski definition) is 2. The molecular formula is C29H25ClN2O4S. The zero-order valence-corrected chi connectivity index (χ0v) is 21.8. The van der Waals surface area contributed by atoms with Gasteiger partial charge in [-0.2, -0.15) is 0 Å². The highest BCUT2D eigenvalue weighted by molar-refractivity contribution is 8.00. The largest absolute Gasteiger partial charge is 0.493 e. The SMILES string of the molecule is COc1ccc(C(=O)Nc2ccc(SC(C(=O)Nc3ccccc3Cl)c3ccccc3)cc2)cc1OC. The van der Waals surface area contributed by atoms with E-state index in [1.807, 2.05) is 54.6 Å². The fourth-order valence-corrected chi connectivity index (χ4v) is 4.80. The van der Waals surface area contributed by atoms with Gasteiger partial charge < -0.3 is 20.1 Å². The smallest absolute Gasteiger partial charge is 0.255 e. The van der Waals surface area contributed by atoms with E-state index in [-0.39, 0.29) is 11.8 Å². The van der Waals surface area contributed by atoms with Crippen molar-refractivity contribution < 1.29 is 19.1 Å². The lowest BCUT2D eigenvalue weighted by Crippen LogP contribution is -2.19. The van der Waals surface area contributed by atoms with Gasteiger partial charge in [-0.1, -0.05) is 54.1 Å². The summed E-state index contributed by atoms with van der Waals surface area (Å²) in [6.07, 6.45) is 0. The van der Waals surface area contributed by atoms with E-state index in [1.54, 1.807) is 49.6 Å². The third-order valence-electron chi connectivity index (χ3n) is 5.48. The summed E-state index contributed by atoms with van der Waals surface area (Å²) in [6, 6.07) is 29.0. The van der Waals surface area contributed by atoms with E-state index in [0.29, 0.717) is 33.5 Å². The van der Waals surface area contributed by atoms with Gasteiger partial charge in [0.25, 0.3) is 5.91 Å². The number of para-hydroxylation sites is 1. The van der Waals surface area contributed by atoms with Crippen LogP contribution in [0.3, 0.4) is 0 Å². The Morgan fingerprint density at radius 2 is 1.46 bits per heavy atom. The standard InChI is InChI=1S/C29H25ClN2O4S/c1-35-25-17-12-20(18-26(25)36-2)28(33)31-21-13-15-22(16-14-21)37-27(19-8-4-3-5-9-19)29(34)32-24-11-7-6-10-23(24)30/h3-18,27H,1-2H3,(H,31,33)(H,32,34). The first-order valence-corrected chi connectivity index (χ1v) is 12.6. The zero-order chi connectivity index (χ0) is 26.2. The van der Waals surface area contributed by atoms with Gasteiger partial charge in [0.05, 0.1) is 24.9 Å². The zero-order valence-electron chi connectivity index (χ0n) is 20.2. The quantitative estimate of drug-likeness (QED) is 0.225. The molecule has 2 N–H and O–H groups in total. The van der Waals surface area contributed by atoms with Crippen LogP contribution >= 0.6 is 23.4 Å². The number of carbonyl (C=O) groups excluding carboxylic acids is 2. The highest BCUT2D eigenvalue weighted by atomic mass is 35.5. The molecule has 0 saturated carbocycles. The average Bonchev–Trinajstić information content (AvgIpc) is 2.93. The average molecular weight is 533 g/mol. The van der Waals surface area contributed by atoms with Crippen molar-refractivity contribution in [1.82, 2.24) is 0 Å². The molecule has 37 heavy (non-hydrogen) atoms. The number of methoxy groups -OCH3 is 2. The van der Waals surface area contributed by atoms with Crippen molar-refractivity contribution in [2.45, 2.75) is 10.1 Å². The summed E-state index contributed by atoms with van der Waals surface area (Å²) in [7, 11) is 3.06. The Labute approximate surface area is 225 Å². The molecular weight excluding hydrogens is 508 g/mol. The maximum absolute atomic E-state index is 13.3. The molecule has 4 aromatic rings. The number of halogens is 1. The predicted molar refractivity (Wildman–Crippen MR) is 149 cm³/mol. The lowest BCUT2D eigenvalue weighted by Gasteiger charge is -2.18. The van der Waals surface area contributed by atoms with Gasteiger partial charge in [0.2, 0.25) is 5.91 Å². The van der Waals surface area contributed by atoms with Gasteiger partial charge in [-0.15, -0.1) is 11.8 Å². The van der Waals surface area contributed by atoms with E-state index in [2.05, 4.69) is 10.6 Å². The third-order valence-corrected chi connectivity index (χ3v) is 7.08. The van der Waals surface area contributed by atoms with E-state index in [4.69, 9.17) is 21.1 Å². The molecule has 6 nitrogen and oxygen atoms in total. The first-order chi connectivity index (χ1) is 18.0. The van der Waals surface area contributed by atoms with Crippen LogP contribution in [-0.4, -0.2) is 26.0 Å². The van der Waals surface area contributed by atoms with Gasteiger partial charge >= 0.3 is 0 Å². The molecule has 1 atom stereocenters. The fraction of sp³-hybridized carbons (Fsp3) is 0.103. The molecule has 4 rings (SSSR count). The molecule has 1 unspecified atom stereocenters. The summed E-state index contributed by atoms with van der Waals surface area (Å²) >= 11 is 7.65. The van der Waals surface area contributed by atoms with Crippen molar-refractivity contribution in [1.29, 1.82) is 0 Å². The van der Waals surface area contributed by atoms with E-state index in [9.17, 15) is 9.59 Å². The van der Waals surface area contributed by atoms with Gasteiger partial charge in [0.15, 0.2) is 11.5 Å². The van der Waals surface area contributed by atoms with Crippen LogP contribution in [0.25, 0.3) is 0 Å². The summed E-state index contributed by atoms with van der Waals surface area (Å²) in [5, 5.41) is 5.78. The number of anilines is 2. The third kappa shape index (κ3) is 6.64. The molecule has 2 amide bonds. The van der Waals surface area contributed by atoms with Crippen LogP contribution in [0.15, 0.2) is 102 Å². The summed E-state index contributed by atoms with van der Waals surface area (Å²) in [6.45, 7) is 0. The van der Waals surface area contributed by atoms with Crippen LogP contribution in [0.5, 0.6) is 11.5 Å². The Morgan fingerprint density at radius 1 is 0.784 bits per heavy atom. The van der Waals surface area contributed by atoms with Crippen molar-refractivity contribution in [2.24, 2.45) is 0 Å². The van der Waals surface area contributed by atoms with Crippen molar-refractivity contribution >= 4 is 46.6 Å². The second kappa shape index (κ2) is 12.3. The van der Waals surface area contributed by atoms with Gasteiger partial charge in [-0.3, -0.25) is 9.59 Å². The monoisotopic (exact) mass is 532 g/mol. The topological polar surface area (TPSA) is 76.7 Å². The summed E-state index contributed by atoms with van der Waals surface area (Å²) in [4.78, 5) is 26.9.